The van der Waals surface area contributed by atoms with E-state index < -0.39 is 6.10 Å². The smallest absolute Gasteiger partial charge is 0.179 e. The lowest BCUT2D eigenvalue weighted by Gasteiger charge is -2.23. The normalized spacial score (nSPS) is 21.0. The Labute approximate surface area is 112 Å². The average molecular weight is 269 g/mol. The van der Waals surface area contributed by atoms with Gasteiger partial charge in [-0.15, -0.1) is 0 Å². The van der Waals surface area contributed by atoms with E-state index in [9.17, 15) is 5.11 Å². The summed E-state index contributed by atoms with van der Waals surface area (Å²) in [4.78, 5) is 0. The zero-order valence-electron chi connectivity index (χ0n) is 10.2. The maximum atomic E-state index is 10.4. The van der Waals surface area contributed by atoms with Gasteiger partial charge in [0, 0.05) is 0 Å². The van der Waals surface area contributed by atoms with Gasteiger partial charge in [-0.25, -0.2) is 0 Å². The second-order valence-electron chi connectivity index (χ2n) is 5.02. The molecule has 0 saturated heterocycles. The van der Waals surface area contributed by atoms with E-state index >= 15 is 0 Å². The number of hydrogen-bond acceptors (Lipinski definition) is 3. The SMILES string of the molecule is OC(c1cc(Cl)c2c(c1)OCCO2)C1CCCC1. The van der Waals surface area contributed by atoms with E-state index in [0.29, 0.717) is 35.7 Å². The van der Waals surface area contributed by atoms with E-state index in [-0.39, 0.29) is 0 Å². The van der Waals surface area contributed by atoms with E-state index in [2.05, 4.69) is 0 Å². The summed E-state index contributed by atoms with van der Waals surface area (Å²) < 4.78 is 11.0. The summed E-state index contributed by atoms with van der Waals surface area (Å²) in [6.45, 7) is 1.06. The largest absolute Gasteiger partial charge is 0.486 e. The first kappa shape index (κ1) is 12.1. The fourth-order valence-corrected chi connectivity index (χ4v) is 3.12. The number of aliphatic hydroxyl groups is 1. The Morgan fingerprint density at radius 1 is 1.17 bits per heavy atom. The van der Waals surface area contributed by atoms with Gasteiger partial charge in [0.15, 0.2) is 11.5 Å². The van der Waals surface area contributed by atoms with Crippen LogP contribution in [0.1, 0.15) is 37.4 Å². The Hall–Kier alpha value is -0.930. The topological polar surface area (TPSA) is 38.7 Å². The average Bonchev–Trinajstić information content (AvgIpc) is 2.91. The molecule has 18 heavy (non-hydrogen) atoms. The monoisotopic (exact) mass is 268 g/mol. The van der Waals surface area contributed by atoms with Crippen molar-refractivity contribution in [1.29, 1.82) is 0 Å². The number of fused-ring (bicyclic) bond motifs is 1. The van der Waals surface area contributed by atoms with Gasteiger partial charge in [0.25, 0.3) is 0 Å². The molecule has 1 N–H and O–H groups in total. The number of ether oxygens (including phenoxy) is 2. The standard InChI is InChI=1S/C14H17ClO3/c15-11-7-10(13(16)9-3-1-2-4-9)8-12-14(11)18-6-5-17-12/h7-9,13,16H,1-6H2. The third-order valence-corrected chi connectivity index (χ3v) is 4.09. The number of aliphatic hydroxyl groups excluding tert-OH is 1. The van der Waals surface area contributed by atoms with Crippen molar-refractivity contribution >= 4 is 11.6 Å². The molecule has 1 saturated carbocycles. The molecule has 0 bridgehead atoms. The lowest BCUT2D eigenvalue weighted by molar-refractivity contribution is 0.110. The zero-order chi connectivity index (χ0) is 12.5. The van der Waals surface area contributed by atoms with Gasteiger partial charge in [0.1, 0.15) is 13.2 Å². The second kappa shape index (κ2) is 4.98. The third-order valence-electron chi connectivity index (χ3n) is 3.81. The first-order chi connectivity index (χ1) is 8.75. The predicted octanol–water partition coefficient (Wildman–Crippen LogP) is 3.33. The van der Waals surface area contributed by atoms with E-state index in [1.165, 1.54) is 12.8 Å². The van der Waals surface area contributed by atoms with Crippen molar-refractivity contribution in [1.82, 2.24) is 0 Å². The summed E-state index contributed by atoms with van der Waals surface area (Å²) in [5.74, 6) is 1.61. The van der Waals surface area contributed by atoms with Gasteiger partial charge in [-0.05, 0) is 36.5 Å². The lowest BCUT2D eigenvalue weighted by atomic mass is 9.94. The Morgan fingerprint density at radius 3 is 2.67 bits per heavy atom. The summed E-state index contributed by atoms with van der Waals surface area (Å²) in [7, 11) is 0. The highest BCUT2D eigenvalue weighted by molar-refractivity contribution is 6.32. The van der Waals surface area contributed by atoms with Gasteiger partial charge in [-0.1, -0.05) is 24.4 Å². The minimum absolute atomic E-state index is 0.351. The van der Waals surface area contributed by atoms with Crippen LogP contribution in [0.4, 0.5) is 0 Å². The van der Waals surface area contributed by atoms with Crippen LogP contribution in [-0.4, -0.2) is 18.3 Å². The summed E-state index contributed by atoms with van der Waals surface area (Å²) in [6, 6.07) is 3.67. The zero-order valence-corrected chi connectivity index (χ0v) is 10.9. The first-order valence-corrected chi connectivity index (χ1v) is 6.90. The second-order valence-corrected chi connectivity index (χ2v) is 5.42. The first-order valence-electron chi connectivity index (χ1n) is 6.53. The van der Waals surface area contributed by atoms with Gasteiger partial charge in [0.2, 0.25) is 0 Å². The molecule has 1 unspecified atom stereocenters. The number of halogens is 1. The molecule has 1 aliphatic carbocycles. The van der Waals surface area contributed by atoms with Crippen LogP contribution in [0.2, 0.25) is 5.02 Å². The summed E-state index contributed by atoms with van der Waals surface area (Å²) in [6.07, 6.45) is 4.15. The van der Waals surface area contributed by atoms with E-state index in [0.717, 1.165) is 18.4 Å². The molecule has 1 heterocycles. The van der Waals surface area contributed by atoms with Gasteiger partial charge in [-0.3, -0.25) is 0 Å². The van der Waals surface area contributed by atoms with Crippen LogP contribution in [0.15, 0.2) is 12.1 Å². The number of benzene rings is 1. The molecular formula is C14H17ClO3. The van der Waals surface area contributed by atoms with Crippen molar-refractivity contribution in [2.75, 3.05) is 13.2 Å². The summed E-state index contributed by atoms with van der Waals surface area (Å²) in [5, 5.41) is 10.9. The number of rotatable bonds is 2. The minimum Gasteiger partial charge on any atom is -0.486 e. The maximum absolute atomic E-state index is 10.4. The van der Waals surface area contributed by atoms with Crippen molar-refractivity contribution in [3.63, 3.8) is 0 Å². The Kier molecular flexibility index (Phi) is 3.35. The fourth-order valence-electron chi connectivity index (χ4n) is 2.85. The predicted molar refractivity (Wildman–Crippen MR) is 69.4 cm³/mol. The van der Waals surface area contributed by atoms with Crippen LogP contribution in [-0.2, 0) is 0 Å². The van der Waals surface area contributed by atoms with Crippen LogP contribution in [0, 0.1) is 5.92 Å². The highest BCUT2D eigenvalue weighted by Gasteiger charge is 2.27. The van der Waals surface area contributed by atoms with E-state index in [1.807, 2.05) is 6.07 Å². The van der Waals surface area contributed by atoms with Gasteiger partial charge in [-0.2, -0.15) is 0 Å². The van der Waals surface area contributed by atoms with Gasteiger partial charge in [0.05, 0.1) is 11.1 Å². The van der Waals surface area contributed by atoms with Crippen LogP contribution in [0.25, 0.3) is 0 Å². The molecule has 1 aromatic rings. The van der Waals surface area contributed by atoms with Crippen molar-refractivity contribution in [3.8, 4) is 11.5 Å². The van der Waals surface area contributed by atoms with Crippen LogP contribution >= 0.6 is 11.6 Å². The van der Waals surface area contributed by atoms with Gasteiger partial charge >= 0.3 is 0 Å². The van der Waals surface area contributed by atoms with Crippen LogP contribution in [0.3, 0.4) is 0 Å². The third kappa shape index (κ3) is 2.17. The lowest BCUT2D eigenvalue weighted by Crippen LogP contribution is -2.17. The molecule has 3 rings (SSSR count). The quantitative estimate of drug-likeness (QED) is 0.894. The highest BCUT2D eigenvalue weighted by atomic mass is 35.5. The summed E-state index contributed by atoms with van der Waals surface area (Å²) >= 11 is 6.18. The van der Waals surface area contributed by atoms with E-state index in [1.54, 1.807) is 6.07 Å². The fraction of sp³-hybridized carbons (Fsp3) is 0.571. The molecule has 3 nitrogen and oxygen atoms in total. The van der Waals surface area contributed by atoms with Crippen LogP contribution in [0.5, 0.6) is 11.5 Å². The molecule has 1 aliphatic heterocycles. The molecular weight excluding hydrogens is 252 g/mol. The Balaban J connectivity index is 1.90. The molecule has 1 fully saturated rings. The van der Waals surface area contributed by atoms with Crippen molar-refractivity contribution < 1.29 is 14.6 Å². The highest BCUT2D eigenvalue weighted by Crippen LogP contribution is 2.43. The molecule has 0 amide bonds. The van der Waals surface area contributed by atoms with Crippen molar-refractivity contribution in [3.05, 3.63) is 22.7 Å². The van der Waals surface area contributed by atoms with Crippen molar-refractivity contribution in [2.45, 2.75) is 31.8 Å². The Morgan fingerprint density at radius 2 is 1.89 bits per heavy atom. The van der Waals surface area contributed by atoms with Gasteiger partial charge < -0.3 is 14.6 Å². The molecule has 0 spiro atoms. The molecule has 2 aliphatic rings. The summed E-state index contributed by atoms with van der Waals surface area (Å²) in [5.41, 5.74) is 0.844. The molecule has 4 heteroatoms. The number of hydrogen-bond donors (Lipinski definition) is 1. The van der Waals surface area contributed by atoms with Crippen molar-refractivity contribution in [2.24, 2.45) is 5.92 Å². The Bertz CT molecular complexity index is 441. The molecule has 98 valence electrons. The maximum Gasteiger partial charge on any atom is 0.179 e. The molecule has 0 aromatic heterocycles. The minimum atomic E-state index is -0.444. The van der Waals surface area contributed by atoms with Crippen LogP contribution < -0.4 is 9.47 Å². The molecule has 1 aromatic carbocycles. The molecule has 0 radical (unpaired) electrons. The molecule has 1 atom stereocenters. The van der Waals surface area contributed by atoms with E-state index in [4.69, 9.17) is 21.1 Å².